The van der Waals surface area contributed by atoms with Crippen molar-refractivity contribution in [2.75, 3.05) is 0 Å². The molecule has 2 nitrogen and oxygen atoms in total. The molecule has 1 heterocycles. The van der Waals surface area contributed by atoms with Crippen LogP contribution >= 0.6 is 0 Å². The third kappa shape index (κ3) is 3.23. The molecule has 0 N–H and O–H groups in total. The first-order valence-electron chi connectivity index (χ1n) is 10.8. The summed E-state index contributed by atoms with van der Waals surface area (Å²) in [6, 6.07) is 42.0. The van der Waals surface area contributed by atoms with Crippen molar-refractivity contribution in [1.29, 1.82) is 0 Å². The normalized spacial score (nSPS) is 11.1. The lowest BCUT2D eigenvalue weighted by Crippen LogP contribution is -1.97. The van der Waals surface area contributed by atoms with E-state index in [0.29, 0.717) is 0 Å². The van der Waals surface area contributed by atoms with E-state index in [-0.39, 0.29) is 0 Å². The molecule has 2 heteroatoms. The molecule has 0 bridgehead atoms. The highest BCUT2D eigenvalue weighted by Crippen LogP contribution is 2.37. The minimum Gasteiger partial charge on any atom is -0.228 e. The van der Waals surface area contributed by atoms with Crippen molar-refractivity contribution in [3.05, 3.63) is 121 Å². The van der Waals surface area contributed by atoms with Gasteiger partial charge < -0.3 is 0 Å². The zero-order valence-corrected chi connectivity index (χ0v) is 17.4. The standard InChI is InChI=1S/C30H20N2/c1-3-11-21(12-4-1)27-20-28(32-30(31-27)22-13-5-2-6-14-22)29-25-17-9-7-15-23(25)19-24-16-8-10-18-26(24)29/h1-20H. The van der Waals surface area contributed by atoms with Crippen molar-refractivity contribution in [3.8, 4) is 33.9 Å². The smallest absolute Gasteiger partial charge is 0.160 e. The maximum absolute atomic E-state index is 5.09. The van der Waals surface area contributed by atoms with Crippen LogP contribution in [0.3, 0.4) is 0 Å². The summed E-state index contributed by atoms with van der Waals surface area (Å²) in [6.07, 6.45) is 0. The summed E-state index contributed by atoms with van der Waals surface area (Å²) in [5.41, 5.74) is 5.10. The summed E-state index contributed by atoms with van der Waals surface area (Å²) in [5, 5.41) is 4.82. The monoisotopic (exact) mass is 408 g/mol. The van der Waals surface area contributed by atoms with Crippen molar-refractivity contribution in [3.63, 3.8) is 0 Å². The van der Waals surface area contributed by atoms with Crippen LogP contribution in [-0.4, -0.2) is 9.97 Å². The van der Waals surface area contributed by atoms with Crippen LogP contribution in [0.4, 0.5) is 0 Å². The summed E-state index contributed by atoms with van der Waals surface area (Å²) in [5.74, 6) is 0.735. The fourth-order valence-electron chi connectivity index (χ4n) is 4.34. The van der Waals surface area contributed by atoms with Gasteiger partial charge in [0.15, 0.2) is 5.82 Å². The summed E-state index contributed by atoms with van der Waals surface area (Å²) in [6.45, 7) is 0. The maximum Gasteiger partial charge on any atom is 0.160 e. The van der Waals surface area contributed by atoms with Crippen LogP contribution in [0, 0.1) is 0 Å². The van der Waals surface area contributed by atoms with E-state index in [1.807, 2.05) is 36.4 Å². The van der Waals surface area contributed by atoms with Crippen molar-refractivity contribution in [1.82, 2.24) is 9.97 Å². The lowest BCUT2D eigenvalue weighted by Gasteiger charge is -2.14. The van der Waals surface area contributed by atoms with Crippen LogP contribution in [0.25, 0.3) is 55.4 Å². The quantitative estimate of drug-likeness (QED) is 0.279. The molecule has 0 unspecified atom stereocenters. The average molecular weight is 409 g/mol. The molecule has 5 aromatic carbocycles. The topological polar surface area (TPSA) is 25.8 Å². The Labute approximate surface area is 186 Å². The van der Waals surface area contributed by atoms with Crippen molar-refractivity contribution in [2.45, 2.75) is 0 Å². The third-order valence-corrected chi connectivity index (χ3v) is 5.86. The summed E-state index contributed by atoms with van der Waals surface area (Å²) >= 11 is 0. The molecule has 1 aromatic heterocycles. The number of benzene rings is 5. The van der Waals surface area contributed by atoms with E-state index >= 15 is 0 Å². The van der Waals surface area contributed by atoms with E-state index in [1.54, 1.807) is 0 Å². The SMILES string of the molecule is c1ccc(-c2cc(-c3c4ccccc4cc4ccccc34)nc(-c3ccccc3)n2)cc1. The molecule has 0 radical (unpaired) electrons. The Balaban J connectivity index is 1.71. The number of fused-ring (bicyclic) bond motifs is 2. The van der Waals surface area contributed by atoms with Gasteiger partial charge in [-0.3, -0.25) is 0 Å². The lowest BCUT2D eigenvalue weighted by molar-refractivity contribution is 1.19. The second-order valence-corrected chi connectivity index (χ2v) is 7.89. The second-order valence-electron chi connectivity index (χ2n) is 7.89. The summed E-state index contributed by atoms with van der Waals surface area (Å²) < 4.78 is 0. The van der Waals surface area contributed by atoms with Gasteiger partial charge in [-0.25, -0.2) is 9.97 Å². The van der Waals surface area contributed by atoms with E-state index in [1.165, 1.54) is 21.5 Å². The third-order valence-electron chi connectivity index (χ3n) is 5.86. The highest BCUT2D eigenvalue weighted by atomic mass is 14.9. The molecule has 0 saturated carbocycles. The highest BCUT2D eigenvalue weighted by molar-refractivity contribution is 6.12. The minimum absolute atomic E-state index is 0.735. The van der Waals surface area contributed by atoms with E-state index in [4.69, 9.17) is 9.97 Å². The van der Waals surface area contributed by atoms with Gasteiger partial charge in [-0.1, -0.05) is 109 Å². The van der Waals surface area contributed by atoms with Gasteiger partial charge in [0.25, 0.3) is 0 Å². The number of hydrogen-bond acceptors (Lipinski definition) is 2. The molecular formula is C30H20N2. The first-order valence-corrected chi connectivity index (χ1v) is 10.8. The maximum atomic E-state index is 5.09. The highest BCUT2D eigenvalue weighted by Gasteiger charge is 2.15. The Kier molecular flexibility index (Phi) is 4.47. The van der Waals surface area contributed by atoms with Crippen molar-refractivity contribution < 1.29 is 0 Å². The number of aromatic nitrogens is 2. The minimum atomic E-state index is 0.735. The largest absolute Gasteiger partial charge is 0.228 e. The Bertz CT molecular complexity index is 1440. The first kappa shape index (κ1) is 18.5. The van der Waals surface area contributed by atoms with Crippen molar-refractivity contribution in [2.24, 2.45) is 0 Å². The second kappa shape index (κ2) is 7.75. The van der Waals surface area contributed by atoms with Gasteiger partial charge in [-0.2, -0.15) is 0 Å². The van der Waals surface area contributed by atoms with Crippen LogP contribution in [0.2, 0.25) is 0 Å². The fraction of sp³-hybridized carbons (Fsp3) is 0. The van der Waals surface area contributed by atoms with Gasteiger partial charge in [-0.05, 0) is 33.7 Å². The molecule has 6 rings (SSSR count). The molecule has 6 aromatic rings. The summed E-state index contributed by atoms with van der Waals surface area (Å²) in [4.78, 5) is 10.0. The van der Waals surface area contributed by atoms with E-state index in [9.17, 15) is 0 Å². The zero-order chi connectivity index (χ0) is 21.3. The Morgan fingerprint density at radius 1 is 0.406 bits per heavy atom. The van der Waals surface area contributed by atoms with Gasteiger partial charge >= 0.3 is 0 Å². The van der Waals surface area contributed by atoms with E-state index in [0.717, 1.165) is 33.9 Å². The molecule has 0 saturated heterocycles. The average Bonchev–Trinajstić information content (AvgIpc) is 2.88. The molecule has 0 aliphatic heterocycles. The van der Waals surface area contributed by atoms with Crippen LogP contribution in [0.15, 0.2) is 121 Å². The van der Waals surface area contributed by atoms with Gasteiger partial charge in [0.1, 0.15) is 0 Å². The van der Waals surface area contributed by atoms with Gasteiger partial charge in [0.05, 0.1) is 11.4 Å². The fourth-order valence-corrected chi connectivity index (χ4v) is 4.34. The molecule has 150 valence electrons. The molecule has 0 aliphatic carbocycles. The molecule has 0 spiro atoms. The molecule has 0 aliphatic rings. The molecular weight excluding hydrogens is 388 g/mol. The predicted molar refractivity (Wildman–Crippen MR) is 133 cm³/mol. The zero-order valence-electron chi connectivity index (χ0n) is 17.4. The lowest BCUT2D eigenvalue weighted by atomic mass is 9.94. The number of rotatable bonds is 3. The Hall–Kier alpha value is -4.30. The summed E-state index contributed by atoms with van der Waals surface area (Å²) in [7, 11) is 0. The molecule has 0 fully saturated rings. The van der Waals surface area contributed by atoms with Crippen molar-refractivity contribution >= 4 is 21.5 Å². The Morgan fingerprint density at radius 3 is 1.53 bits per heavy atom. The molecule has 32 heavy (non-hydrogen) atoms. The van der Waals surface area contributed by atoms with E-state index < -0.39 is 0 Å². The molecule has 0 atom stereocenters. The number of hydrogen-bond donors (Lipinski definition) is 0. The van der Waals surface area contributed by atoms with Gasteiger partial charge in [0.2, 0.25) is 0 Å². The van der Waals surface area contributed by atoms with Crippen LogP contribution < -0.4 is 0 Å². The van der Waals surface area contributed by atoms with E-state index in [2.05, 4.69) is 84.9 Å². The van der Waals surface area contributed by atoms with Gasteiger partial charge in [-0.15, -0.1) is 0 Å². The van der Waals surface area contributed by atoms with Crippen LogP contribution in [0.5, 0.6) is 0 Å². The predicted octanol–water partition coefficient (Wildman–Crippen LogP) is 7.78. The first-order chi connectivity index (χ1) is 15.9. The number of nitrogens with zero attached hydrogens (tertiary/aromatic N) is 2. The van der Waals surface area contributed by atoms with Gasteiger partial charge in [0, 0.05) is 16.7 Å². The molecule has 0 amide bonds. The van der Waals surface area contributed by atoms with Crippen LogP contribution in [0.1, 0.15) is 0 Å². The Morgan fingerprint density at radius 2 is 0.906 bits per heavy atom. The van der Waals surface area contributed by atoms with Crippen LogP contribution in [-0.2, 0) is 0 Å².